The molecule has 2 heterocycles. The molecule has 0 radical (unpaired) electrons. The van der Waals surface area contributed by atoms with Crippen LogP contribution in [-0.2, 0) is 11.3 Å². The molecular weight excluding hydrogens is 464 g/mol. The highest BCUT2D eigenvalue weighted by molar-refractivity contribution is 6.05. The Bertz CT molecular complexity index is 1550. The summed E-state index contributed by atoms with van der Waals surface area (Å²) < 4.78 is 39.1. The van der Waals surface area contributed by atoms with Gasteiger partial charge in [-0.15, -0.1) is 0 Å². The molecule has 0 saturated carbocycles. The van der Waals surface area contributed by atoms with E-state index in [0.29, 0.717) is 51.6 Å². The lowest BCUT2D eigenvalue weighted by atomic mass is 10.1. The molecular formula is C28H21F2N3O3. The summed E-state index contributed by atoms with van der Waals surface area (Å²) in [5.74, 6) is -0.0512. The lowest BCUT2D eigenvalue weighted by molar-refractivity contribution is 0.0603. The zero-order valence-corrected chi connectivity index (χ0v) is 19.5. The van der Waals surface area contributed by atoms with Crippen LogP contribution in [0.25, 0.3) is 22.3 Å². The van der Waals surface area contributed by atoms with Crippen LogP contribution in [0.5, 0.6) is 11.5 Å². The molecule has 0 aliphatic heterocycles. The Kier molecular flexibility index (Phi) is 6.16. The third-order valence-corrected chi connectivity index (χ3v) is 5.73. The minimum absolute atomic E-state index is 0.328. The summed E-state index contributed by atoms with van der Waals surface area (Å²) in [6, 6.07) is 20.8. The third-order valence-electron chi connectivity index (χ3n) is 5.73. The molecule has 0 aliphatic rings. The van der Waals surface area contributed by atoms with Gasteiger partial charge in [-0.25, -0.2) is 23.2 Å². The molecule has 2 aromatic heterocycles. The number of carbonyl (C=O) groups excluding carboxylic acids is 1. The van der Waals surface area contributed by atoms with Crippen molar-refractivity contribution in [3.05, 3.63) is 107 Å². The second kappa shape index (κ2) is 9.58. The molecule has 0 N–H and O–H groups in total. The van der Waals surface area contributed by atoms with Gasteiger partial charge in [0.15, 0.2) is 5.65 Å². The molecule has 180 valence electrons. The van der Waals surface area contributed by atoms with Crippen molar-refractivity contribution in [1.82, 2.24) is 14.8 Å². The first kappa shape index (κ1) is 23.2. The van der Waals surface area contributed by atoms with E-state index >= 15 is 0 Å². The van der Waals surface area contributed by atoms with Crippen LogP contribution in [-0.4, -0.2) is 27.8 Å². The van der Waals surface area contributed by atoms with E-state index in [2.05, 4.69) is 5.10 Å². The number of hydrogen-bond donors (Lipinski definition) is 0. The van der Waals surface area contributed by atoms with E-state index in [-0.39, 0.29) is 11.6 Å². The number of aromatic nitrogens is 3. The fourth-order valence-corrected chi connectivity index (χ4v) is 3.98. The van der Waals surface area contributed by atoms with Crippen LogP contribution in [0.15, 0.2) is 78.9 Å². The minimum Gasteiger partial charge on any atom is -0.465 e. The molecule has 36 heavy (non-hydrogen) atoms. The van der Waals surface area contributed by atoms with Crippen LogP contribution in [0.2, 0.25) is 0 Å². The third kappa shape index (κ3) is 4.65. The largest absolute Gasteiger partial charge is 0.465 e. The highest BCUT2D eigenvalue weighted by atomic mass is 19.1. The molecule has 0 amide bonds. The van der Waals surface area contributed by atoms with Crippen LogP contribution in [0, 0.1) is 18.6 Å². The van der Waals surface area contributed by atoms with Gasteiger partial charge in [-0.05, 0) is 79.2 Å². The first-order valence-electron chi connectivity index (χ1n) is 11.2. The van der Waals surface area contributed by atoms with Crippen LogP contribution in [0.4, 0.5) is 8.78 Å². The number of rotatable bonds is 6. The van der Waals surface area contributed by atoms with Crippen molar-refractivity contribution >= 4 is 17.0 Å². The van der Waals surface area contributed by atoms with Crippen LogP contribution < -0.4 is 4.74 Å². The zero-order chi connectivity index (χ0) is 25.2. The second-order valence-corrected chi connectivity index (χ2v) is 8.20. The van der Waals surface area contributed by atoms with Crippen LogP contribution in [0.3, 0.4) is 0 Å². The fourth-order valence-electron chi connectivity index (χ4n) is 3.98. The van der Waals surface area contributed by atoms with Crippen molar-refractivity contribution in [1.29, 1.82) is 0 Å². The number of hydrogen-bond acceptors (Lipinski definition) is 5. The predicted molar refractivity (Wildman–Crippen MR) is 131 cm³/mol. The SMILES string of the molecule is COC(=O)c1cc(-c2ccc(F)cc2)nc2c1c(C)nn2Cc1ccc(Oc2ccc(F)cc2)cc1. The summed E-state index contributed by atoms with van der Waals surface area (Å²) in [6.07, 6.45) is 0. The number of methoxy groups -OCH3 is 1. The normalized spacial score (nSPS) is 11.0. The second-order valence-electron chi connectivity index (χ2n) is 8.20. The maximum absolute atomic E-state index is 13.5. The molecule has 3 aromatic carbocycles. The number of nitrogens with zero attached hydrogens (tertiary/aromatic N) is 3. The molecule has 5 rings (SSSR count). The average Bonchev–Trinajstić information content (AvgIpc) is 3.21. The number of esters is 1. The highest BCUT2D eigenvalue weighted by Gasteiger charge is 2.21. The van der Waals surface area contributed by atoms with E-state index < -0.39 is 5.97 Å². The van der Waals surface area contributed by atoms with Crippen molar-refractivity contribution < 1.29 is 23.0 Å². The number of aryl methyl sites for hydroxylation is 1. The first-order valence-corrected chi connectivity index (χ1v) is 11.2. The lowest BCUT2D eigenvalue weighted by Gasteiger charge is -2.09. The summed E-state index contributed by atoms with van der Waals surface area (Å²) in [6.45, 7) is 2.20. The van der Waals surface area contributed by atoms with E-state index in [1.54, 1.807) is 35.0 Å². The Morgan fingerprint density at radius 3 is 2.08 bits per heavy atom. The Labute approximate surface area is 205 Å². The standard InChI is InChI=1S/C28H21F2N3O3/c1-17-26-24(28(34)35-2)15-25(19-5-7-20(29)8-6-19)31-27(26)33(32-17)16-18-3-11-22(12-4-18)36-23-13-9-21(30)10-14-23/h3-15H,16H2,1-2H3. The Balaban J connectivity index is 1.50. The van der Waals surface area contributed by atoms with Gasteiger partial charge >= 0.3 is 5.97 Å². The zero-order valence-electron chi connectivity index (χ0n) is 19.5. The van der Waals surface area contributed by atoms with Gasteiger partial charge in [-0.1, -0.05) is 12.1 Å². The predicted octanol–water partition coefficient (Wildman–Crippen LogP) is 6.31. The quantitative estimate of drug-likeness (QED) is 0.264. The summed E-state index contributed by atoms with van der Waals surface area (Å²) in [5, 5.41) is 5.23. The first-order chi connectivity index (χ1) is 17.4. The van der Waals surface area contributed by atoms with Gasteiger partial charge in [0.05, 0.1) is 36.0 Å². The molecule has 0 bridgehead atoms. The number of halogens is 2. The number of pyridine rings is 1. The molecule has 0 atom stereocenters. The summed E-state index contributed by atoms with van der Waals surface area (Å²) >= 11 is 0. The minimum atomic E-state index is -0.504. The van der Waals surface area contributed by atoms with Gasteiger partial charge in [-0.2, -0.15) is 5.10 Å². The van der Waals surface area contributed by atoms with E-state index in [4.69, 9.17) is 14.5 Å². The molecule has 0 saturated heterocycles. The Morgan fingerprint density at radius 1 is 0.889 bits per heavy atom. The average molecular weight is 485 g/mol. The number of carbonyl (C=O) groups is 1. The van der Waals surface area contributed by atoms with Gasteiger partial charge in [0.25, 0.3) is 0 Å². The summed E-state index contributed by atoms with van der Waals surface area (Å²) in [5.41, 5.74) is 3.59. The van der Waals surface area contributed by atoms with Crippen molar-refractivity contribution in [3.63, 3.8) is 0 Å². The molecule has 0 aliphatic carbocycles. The van der Waals surface area contributed by atoms with Crippen molar-refractivity contribution in [3.8, 4) is 22.8 Å². The topological polar surface area (TPSA) is 66.2 Å². The van der Waals surface area contributed by atoms with E-state index in [9.17, 15) is 13.6 Å². The van der Waals surface area contributed by atoms with E-state index in [1.165, 1.54) is 31.4 Å². The molecule has 5 aromatic rings. The van der Waals surface area contributed by atoms with E-state index in [1.807, 2.05) is 31.2 Å². The Morgan fingerprint density at radius 2 is 1.47 bits per heavy atom. The molecule has 6 nitrogen and oxygen atoms in total. The molecule has 0 unspecified atom stereocenters. The van der Waals surface area contributed by atoms with Gasteiger partial charge in [0.1, 0.15) is 23.1 Å². The van der Waals surface area contributed by atoms with E-state index in [0.717, 1.165) is 5.56 Å². The fraction of sp³-hybridized carbons (Fsp3) is 0.107. The van der Waals surface area contributed by atoms with Crippen LogP contribution in [0.1, 0.15) is 21.6 Å². The number of ether oxygens (including phenoxy) is 2. The van der Waals surface area contributed by atoms with Gasteiger partial charge in [-0.3, -0.25) is 0 Å². The maximum atomic E-state index is 13.5. The molecule has 0 spiro atoms. The smallest absolute Gasteiger partial charge is 0.338 e. The molecule has 0 fully saturated rings. The monoisotopic (exact) mass is 485 g/mol. The van der Waals surface area contributed by atoms with Crippen molar-refractivity contribution in [2.75, 3.05) is 7.11 Å². The number of fused-ring (bicyclic) bond motifs is 1. The Hall–Kier alpha value is -4.59. The number of benzene rings is 3. The summed E-state index contributed by atoms with van der Waals surface area (Å²) in [4.78, 5) is 17.4. The maximum Gasteiger partial charge on any atom is 0.338 e. The summed E-state index contributed by atoms with van der Waals surface area (Å²) in [7, 11) is 1.32. The highest BCUT2D eigenvalue weighted by Crippen LogP contribution is 2.29. The van der Waals surface area contributed by atoms with Crippen molar-refractivity contribution in [2.45, 2.75) is 13.5 Å². The van der Waals surface area contributed by atoms with Gasteiger partial charge in [0, 0.05) is 5.56 Å². The molecule has 8 heteroatoms. The van der Waals surface area contributed by atoms with Crippen molar-refractivity contribution in [2.24, 2.45) is 0 Å². The van der Waals surface area contributed by atoms with Gasteiger partial charge in [0.2, 0.25) is 0 Å². The lowest BCUT2D eigenvalue weighted by Crippen LogP contribution is -2.06. The van der Waals surface area contributed by atoms with Gasteiger partial charge < -0.3 is 9.47 Å². The van der Waals surface area contributed by atoms with Crippen LogP contribution >= 0.6 is 0 Å².